The topological polar surface area (TPSA) is 26.3 Å². The summed E-state index contributed by atoms with van der Waals surface area (Å²) in [5, 5.41) is 0. The van der Waals surface area contributed by atoms with Crippen LogP contribution in [-0.4, -0.2) is 47.7 Å². The first-order valence-corrected chi connectivity index (χ1v) is 14.3. The molecular weight excluding hydrogens is 697 g/mol. The van der Waals surface area contributed by atoms with Crippen molar-refractivity contribution in [3.8, 4) is 0 Å². The molecule has 0 unspecified atom stereocenters. The highest BCUT2D eigenvalue weighted by molar-refractivity contribution is 8.30. The van der Waals surface area contributed by atoms with Crippen molar-refractivity contribution in [1.82, 2.24) is 0 Å². The number of carbonyl (C=O) groups excluding carboxylic acids is 1. The Morgan fingerprint density at radius 1 is 0.532 bits per heavy atom. The first-order valence-electron chi connectivity index (χ1n) is 12.7. The van der Waals surface area contributed by atoms with E-state index in [1.165, 1.54) is 62.4 Å². The van der Waals surface area contributed by atoms with Crippen molar-refractivity contribution in [3.05, 3.63) is 89.5 Å². The van der Waals surface area contributed by atoms with E-state index < -0.39 is 58.0 Å². The first-order chi connectivity index (χ1) is 21.2. The molecule has 0 aromatic heterocycles. The van der Waals surface area contributed by atoms with Crippen molar-refractivity contribution in [3.63, 3.8) is 0 Å². The lowest BCUT2D eigenvalue weighted by Crippen LogP contribution is -2.73. The van der Waals surface area contributed by atoms with Gasteiger partial charge in [-0.05, 0) is 66.5 Å². The molecule has 0 aliphatic rings. The molecule has 0 N–H and O–H groups in total. The van der Waals surface area contributed by atoms with Gasteiger partial charge < -0.3 is 4.18 Å². The minimum absolute atomic E-state index is 0.151. The molecule has 0 amide bonds. The molecule has 0 aliphatic carbocycles. The fourth-order valence-electron chi connectivity index (χ4n) is 4.61. The lowest BCUT2D eigenvalue weighted by molar-refractivity contribution is -0.450. The van der Waals surface area contributed by atoms with E-state index in [-0.39, 0.29) is 25.8 Å². The van der Waals surface area contributed by atoms with Gasteiger partial charge in [0, 0.05) is 14.7 Å². The van der Waals surface area contributed by atoms with Gasteiger partial charge in [0.2, 0.25) is 0 Å². The Hall–Kier alpha value is -3.57. The van der Waals surface area contributed by atoms with Crippen LogP contribution in [0.25, 0.3) is 0 Å². The number of halogens is 15. The molecule has 0 radical (unpaired) electrons. The molecule has 3 rings (SSSR count). The molecule has 0 aliphatic heterocycles. The Labute approximate surface area is 258 Å². The smallest absolute Gasteiger partial charge is 0.397 e. The van der Waals surface area contributed by atoms with Gasteiger partial charge >= 0.3 is 47.7 Å². The highest BCUT2D eigenvalue weighted by atomic mass is 32.3. The fourth-order valence-corrected chi connectivity index (χ4v) is 8.07. The first kappa shape index (κ1) is 37.9. The van der Waals surface area contributed by atoms with Gasteiger partial charge in [0.25, 0.3) is 0 Å². The highest BCUT2D eigenvalue weighted by Crippen LogP contribution is 2.72. The molecule has 0 heterocycles. The highest BCUT2D eigenvalue weighted by Gasteiger charge is 2.94. The number of alkyl halides is 15. The Balaban J connectivity index is 2.32. The van der Waals surface area contributed by atoms with E-state index in [1.807, 2.05) is 0 Å². The zero-order valence-corrected chi connectivity index (χ0v) is 24.6. The number of benzene rings is 3. The van der Waals surface area contributed by atoms with Crippen LogP contribution in [0, 0.1) is 20.8 Å². The van der Waals surface area contributed by atoms with Gasteiger partial charge in [-0.1, -0.05) is 54.1 Å². The van der Waals surface area contributed by atoms with E-state index >= 15 is 8.78 Å². The second-order valence-electron chi connectivity index (χ2n) is 10.2. The van der Waals surface area contributed by atoms with Crippen LogP contribution in [0.4, 0.5) is 65.9 Å². The molecule has 260 valence electrons. The summed E-state index contributed by atoms with van der Waals surface area (Å²) in [5.74, 6) is -52.6. The van der Waals surface area contributed by atoms with Gasteiger partial charge in [0.05, 0.1) is 0 Å². The Kier molecular flexibility index (Phi) is 9.54. The molecule has 0 saturated heterocycles. The molecule has 0 fully saturated rings. The van der Waals surface area contributed by atoms with Crippen LogP contribution < -0.4 is 0 Å². The third kappa shape index (κ3) is 5.59. The number of aryl methyl sites for hydroxylation is 3. The zero-order valence-electron chi connectivity index (χ0n) is 23.8. The van der Waals surface area contributed by atoms with Gasteiger partial charge in [0.1, 0.15) is 0 Å². The second-order valence-corrected chi connectivity index (χ2v) is 12.9. The summed E-state index contributed by atoms with van der Waals surface area (Å²) in [5.41, 5.74) is 0.845. The van der Waals surface area contributed by atoms with Crippen molar-refractivity contribution in [1.29, 1.82) is 0 Å². The van der Waals surface area contributed by atoms with Gasteiger partial charge in [-0.2, -0.15) is 65.9 Å². The third-order valence-corrected chi connectivity index (χ3v) is 10.3. The van der Waals surface area contributed by atoms with Crippen LogP contribution in [0.2, 0.25) is 0 Å². The van der Waals surface area contributed by atoms with Gasteiger partial charge in [-0.25, -0.2) is 4.79 Å². The van der Waals surface area contributed by atoms with E-state index in [4.69, 9.17) is 4.18 Å². The van der Waals surface area contributed by atoms with Crippen molar-refractivity contribution in [2.24, 2.45) is 0 Å². The van der Waals surface area contributed by atoms with Crippen molar-refractivity contribution in [2.75, 3.05) is 0 Å². The normalized spacial score (nSPS) is 14.6. The van der Waals surface area contributed by atoms with Gasteiger partial charge in [-0.3, -0.25) is 0 Å². The summed E-state index contributed by atoms with van der Waals surface area (Å²) in [7, 11) is -4.12. The van der Waals surface area contributed by atoms with Crippen LogP contribution in [0.1, 0.15) is 16.7 Å². The molecule has 47 heavy (non-hydrogen) atoms. The maximum Gasteiger partial charge on any atom is 0.460 e. The maximum atomic E-state index is 15.2. The van der Waals surface area contributed by atoms with Crippen molar-refractivity contribution >= 4 is 16.3 Å². The summed E-state index contributed by atoms with van der Waals surface area (Å²) in [4.78, 5) is 12.4. The van der Waals surface area contributed by atoms with Crippen LogP contribution in [0.15, 0.2) is 87.5 Å². The molecule has 2 nitrogen and oxygen atoms in total. The summed E-state index contributed by atoms with van der Waals surface area (Å²) in [6.07, 6.45) is -7.75. The molecule has 0 spiro atoms. The molecule has 0 bridgehead atoms. The van der Waals surface area contributed by atoms with Crippen LogP contribution >= 0.6 is 10.3 Å². The lowest BCUT2D eigenvalue weighted by Gasteiger charge is -2.44. The van der Waals surface area contributed by atoms with E-state index in [0.717, 1.165) is 24.3 Å². The predicted octanol–water partition coefficient (Wildman–Crippen LogP) is 10.7. The number of carbonyl (C=O) groups is 1. The second kappa shape index (κ2) is 11.8. The monoisotopic (exact) mass is 718 g/mol. The van der Waals surface area contributed by atoms with E-state index in [1.54, 1.807) is 6.92 Å². The molecule has 0 atom stereocenters. The minimum atomic E-state index is -8.54. The van der Waals surface area contributed by atoms with Crippen molar-refractivity contribution in [2.45, 2.75) is 77.2 Å². The summed E-state index contributed by atoms with van der Waals surface area (Å²) in [6, 6.07) is 15.2. The number of hydrogen-bond donors (Lipinski definition) is 0. The quantitative estimate of drug-likeness (QED) is 0.195. The molecule has 0 saturated carbocycles. The fraction of sp³-hybridized carbons (Fsp3) is 0.345. The summed E-state index contributed by atoms with van der Waals surface area (Å²) in [6.45, 7) is 4.30. The summed E-state index contributed by atoms with van der Waals surface area (Å²) >= 11 is 0. The maximum absolute atomic E-state index is 15.2. The molecule has 18 heteroatoms. The van der Waals surface area contributed by atoms with Crippen LogP contribution in [0.5, 0.6) is 0 Å². The van der Waals surface area contributed by atoms with E-state index in [2.05, 4.69) is 0 Å². The molecule has 3 aromatic rings. The average Bonchev–Trinajstić information content (AvgIpc) is 2.95. The van der Waals surface area contributed by atoms with Crippen molar-refractivity contribution < 1.29 is 74.8 Å². The van der Waals surface area contributed by atoms with E-state index in [9.17, 15) is 61.9 Å². The standard InChI is InChI=1S/C29H21F15O2S/c1-16-14-17(2)21(18(3)15-16)47(19-10-6-4-7-11-19,20-12-8-5-9-13-20)46-22(45)23(30,31)24(32,33)25(34,35)26(36,37)27(38,39)28(40,41)29(42,43)44/h4-15H,1-3H3. The summed E-state index contributed by atoms with van der Waals surface area (Å²) < 4.78 is 214. The molecule has 3 aromatic carbocycles. The Morgan fingerprint density at radius 3 is 1.23 bits per heavy atom. The van der Waals surface area contributed by atoms with Gasteiger partial charge in [-0.15, -0.1) is 0 Å². The number of rotatable bonds is 10. The van der Waals surface area contributed by atoms with Gasteiger partial charge in [0.15, 0.2) is 0 Å². The number of hydrogen-bond acceptors (Lipinski definition) is 2. The zero-order chi connectivity index (χ0) is 36.2. The van der Waals surface area contributed by atoms with Crippen LogP contribution in [-0.2, 0) is 8.98 Å². The Bertz CT molecular complexity index is 1540. The van der Waals surface area contributed by atoms with Crippen LogP contribution in [0.3, 0.4) is 0 Å². The van der Waals surface area contributed by atoms with E-state index in [0.29, 0.717) is 5.56 Å². The largest absolute Gasteiger partial charge is 0.460 e. The minimum Gasteiger partial charge on any atom is -0.397 e. The molecular formula is C29H21F15O2S. The lowest BCUT2D eigenvalue weighted by atomic mass is 9.91. The predicted molar refractivity (Wildman–Crippen MR) is 138 cm³/mol. The Morgan fingerprint density at radius 2 is 0.872 bits per heavy atom. The SMILES string of the molecule is Cc1cc(C)c(S(OC(=O)C(F)(F)C(F)(F)C(F)(F)C(F)(F)C(F)(F)C(F)(F)C(F)(F)F)(c2ccccc2)c2ccccc2)c(C)c1. The third-order valence-electron chi connectivity index (χ3n) is 6.83. The average molecular weight is 719 g/mol.